The molecule has 258 valence electrons. The molecule has 8 aromatic carbocycles. The third kappa shape index (κ3) is 3.92. The van der Waals surface area contributed by atoms with Crippen molar-refractivity contribution in [1.29, 1.82) is 0 Å². The first-order chi connectivity index (χ1) is 27.0. The lowest BCUT2D eigenvalue weighted by Gasteiger charge is -2.30. The van der Waals surface area contributed by atoms with Crippen molar-refractivity contribution in [2.24, 2.45) is 0 Å². The van der Waals surface area contributed by atoms with Crippen molar-refractivity contribution in [3.8, 4) is 39.1 Å². The molecule has 0 N–H and O–H groups in total. The number of nitrogens with zero attached hydrogens (tertiary/aromatic N) is 1. The zero-order valence-corrected chi connectivity index (χ0v) is 30.4. The van der Waals surface area contributed by atoms with Gasteiger partial charge in [0.15, 0.2) is 0 Å². The molecule has 10 aromatic rings. The fraction of sp³-hybridized carbons (Fsp3) is 0.0577. The summed E-state index contributed by atoms with van der Waals surface area (Å²) in [5.74, 6) is 0. The Hall–Kier alpha value is -6.97. The molecule has 0 radical (unpaired) electrons. The van der Waals surface area contributed by atoms with E-state index in [1.807, 2.05) is 12.1 Å². The maximum Gasteiger partial charge on any atom is 0.200 e. The number of aryl methyl sites for hydroxylation is 2. The van der Waals surface area contributed by atoms with E-state index < -0.39 is 5.41 Å². The van der Waals surface area contributed by atoms with Crippen molar-refractivity contribution < 1.29 is 4.42 Å². The molecule has 1 atom stereocenters. The minimum atomic E-state index is -0.633. The van der Waals surface area contributed by atoms with Crippen molar-refractivity contribution in [3.63, 3.8) is 0 Å². The first-order valence-corrected chi connectivity index (χ1v) is 19.0. The molecule has 0 saturated heterocycles. The van der Waals surface area contributed by atoms with E-state index in [9.17, 15) is 4.79 Å². The van der Waals surface area contributed by atoms with Gasteiger partial charge in [-0.2, -0.15) is 0 Å². The molecule has 0 saturated carbocycles. The van der Waals surface area contributed by atoms with Crippen molar-refractivity contribution in [2.75, 3.05) is 0 Å². The molecular formula is C52H33NO2. The molecule has 0 aliphatic heterocycles. The van der Waals surface area contributed by atoms with Crippen LogP contribution in [0.4, 0.5) is 0 Å². The van der Waals surface area contributed by atoms with Crippen LogP contribution < -0.4 is 5.43 Å². The number of hydrogen-bond donors (Lipinski definition) is 0. The highest BCUT2D eigenvalue weighted by Gasteiger charge is 2.52. The van der Waals surface area contributed by atoms with Crippen molar-refractivity contribution >= 4 is 43.7 Å². The lowest BCUT2D eigenvalue weighted by molar-refractivity contribution is 0.660. The van der Waals surface area contributed by atoms with E-state index in [-0.39, 0.29) is 5.43 Å². The second-order valence-corrected chi connectivity index (χ2v) is 15.3. The van der Waals surface area contributed by atoms with Crippen LogP contribution in [0.2, 0.25) is 0 Å². The van der Waals surface area contributed by atoms with Gasteiger partial charge in [-0.3, -0.25) is 4.79 Å². The summed E-state index contributed by atoms with van der Waals surface area (Å²) in [4.78, 5) is 14.6. The molecule has 2 heterocycles. The van der Waals surface area contributed by atoms with Gasteiger partial charge in [-0.1, -0.05) is 115 Å². The van der Waals surface area contributed by atoms with Crippen LogP contribution in [-0.4, -0.2) is 4.57 Å². The second kappa shape index (κ2) is 10.8. The summed E-state index contributed by atoms with van der Waals surface area (Å²) < 4.78 is 9.14. The van der Waals surface area contributed by atoms with Crippen LogP contribution in [0.25, 0.3) is 82.8 Å². The third-order valence-corrected chi connectivity index (χ3v) is 12.4. The van der Waals surface area contributed by atoms with Crippen molar-refractivity contribution in [3.05, 3.63) is 207 Å². The van der Waals surface area contributed by atoms with E-state index in [4.69, 9.17) is 4.42 Å². The van der Waals surface area contributed by atoms with E-state index in [2.05, 4.69) is 170 Å². The van der Waals surface area contributed by atoms with Gasteiger partial charge < -0.3 is 8.98 Å². The van der Waals surface area contributed by atoms with E-state index in [0.29, 0.717) is 21.9 Å². The normalized spacial score (nSPS) is 15.2. The number of aromatic nitrogens is 1. The van der Waals surface area contributed by atoms with Gasteiger partial charge in [0.05, 0.1) is 27.2 Å². The van der Waals surface area contributed by atoms with Crippen LogP contribution >= 0.6 is 0 Å². The summed E-state index contributed by atoms with van der Waals surface area (Å²) in [5.41, 5.74) is 18.1. The molecule has 55 heavy (non-hydrogen) atoms. The van der Waals surface area contributed by atoms with Gasteiger partial charge in [0.2, 0.25) is 5.43 Å². The molecule has 3 nitrogen and oxygen atoms in total. The van der Waals surface area contributed by atoms with Gasteiger partial charge in [0.25, 0.3) is 0 Å². The van der Waals surface area contributed by atoms with Crippen LogP contribution in [0.15, 0.2) is 173 Å². The predicted molar refractivity (Wildman–Crippen MR) is 226 cm³/mol. The lowest BCUT2D eigenvalue weighted by Crippen LogP contribution is -2.26. The monoisotopic (exact) mass is 703 g/mol. The lowest BCUT2D eigenvalue weighted by atomic mass is 9.70. The Kier molecular flexibility index (Phi) is 5.99. The average molecular weight is 704 g/mol. The predicted octanol–water partition coefficient (Wildman–Crippen LogP) is 12.7. The summed E-state index contributed by atoms with van der Waals surface area (Å²) >= 11 is 0. The van der Waals surface area contributed by atoms with Crippen LogP contribution in [0.3, 0.4) is 0 Å². The minimum absolute atomic E-state index is 0.0103. The molecular weight excluding hydrogens is 671 g/mol. The first kappa shape index (κ1) is 30.5. The third-order valence-electron chi connectivity index (χ3n) is 12.4. The Labute approximate surface area is 317 Å². The Balaban J connectivity index is 1.18. The van der Waals surface area contributed by atoms with Gasteiger partial charge in [0.1, 0.15) is 11.2 Å². The molecule has 0 amide bonds. The SMILES string of the molecule is Cc1ccc(C)c(-c2ccc3c(=O)c4cc5c(cc4oc3c2)-c2ccccc2C52c3ccccc3-c3cc4c5ccccc5n(-c5ccccc5)c4cc32)c1. The quantitative estimate of drug-likeness (QED) is 0.168. The fourth-order valence-electron chi connectivity index (χ4n) is 10.0. The van der Waals surface area contributed by atoms with E-state index in [1.54, 1.807) is 0 Å². The maximum absolute atomic E-state index is 14.6. The van der Waals surface area contributed by atoms with Crippen molar-refractivity contribution in [1.82, 2.24) is 4.57 Å². The average Bonchev–Trinajstić information content (AvgIpc) is 3.81. The molecule has 2 aliphatic rings. The van der Waals surface area contributed by atoms with E-state index in [1.165, 1.54) is 55.2 Å². The number of benzene rings is 8. The summed E-state index contributed by atoms with van der Waals surface area (Å²) in [6.07, 6.45) is 0. The maximum atomic E-state index is 14.6. The largest absolute Gasteiger partial charge is 0.456 e. The van der Waals surface area contributed by atoms with Gasteiger partial charge in [-0.25, -0.2) is 0 Å². The van der Waals surface area contributed by atoms with Crippen molar-refractivity contribution in [2.45, 2.75) is 19.3 Å². The zero-order valence-electron chi connectivity index (χ0n) is 30.4. The standard InChI is InChI=1S/C52H33NO2/c1-30-20-21-31(2)38(24-30)32-22-23-37-49(25-32)55-50-28-40-35-15-7-10-18-44(35)52(45(40)27-42(50)51(37)54)43-17-9-6-14-34(43)39-26-41-36-16-8-11-19-47(36)53(48(41)29-46(39)52)33-12-4-3-5-13-33/h3-29H,1-2H3. The Morgan fingerprint density at radius 3 is 1.93 bits per heavy atom. The molecule has 2 aliphatic carbocycles. The zero-order chi connectivity index (χ0) is 36.6. The van der Waals surface area contributed by atoms with E-state index in [0.717, 1.165) is 39.0 Å². The van der Waals surface area contributed by atoms with Gasteiger partial charge in [-0.05, 0) is 130 Å². The Morgan fingerprint density at radius 2 is 1.13 bits per heavy atom. The summed E-state index contributed by atoms with van der Waals surface area (Å²) in [6.45, 7) is 4.23. The number of hydrogen-bond acceptors (Lipinski definition) is 2. The van der Waals surface area contributed by atoms with E-state index >= 15 is 0 Å². The fourth-order valence-corrected chi connectivity index (χ4v) is 10.0. The smallest absolute Gasteiger partial charge is 0.200 e. The van der Waals surface area contributed by atoms with Crippen LogP contribution in [0, 0.1) is 13.8 Å². The minimum Gasteiger partial charge on any atom is -0.456 e. The first-order valence-electron chi connectivity index (χ1n) is 19.0. The highest BCUT2D eigenvalue weighted by molar-refractivity contribution is 6.13. The van der Waals surface area contributed by atoms with Gasteiger partial charge in [-0.15, -0.1) is 0 Å². The number of rotatable bonds is 2. The van der Waals surface area contributed by atoms with Crippen LogP contribution in [0.5, 0.6) is 0 Å². The van der Waals surface area contributed by atoms with Crippen LogP contribution in [-0.2, 0) is 5.41 Å². The topological polar surface area (TPSA) is 35.1 Å². The molecule has 3 heteroatoms. The highest BCUT2D eigenvalue weighted by Crippen LogP contribution is 2.63. The molecule has 2 aromatic heterocycles. The summed E-state index contributed by atoms with van der Waals surface area (Å²) in [6, 6.07) is 58.6. The Bertz CT molecular complexity index is 3370. The van der Waals surface area contributed by atoms with Gasteiger partial charge >= 0.3 is 0 Å². The molecule has 0 fully saturated rings. The van der Waals surface area contributed by atoms with Crippen LogP contribution in [0.1, 0.15) is 33.4 Å². The number of para-hydroxylation sites is 2. The second-order valence-electron chi connectivity index (χ2n) is 15.3. The summed E-state index contributed by atoms with van der Waals surface area (Å²) in [5, 5.41) is 3.64. The number of fused-ring (bicyclic) bond motifs is 15. The molecule has 0 bridgehead atoms. The van der Waals surface area contributed by atoms with Gasteiger partial charge in [0, 0.05) is 16.5 Å². The molecule has 1 spiro atoms. The Morgan fingerprint density at radius 1 is 0.455 bits per heavy atom. The summed E-state index contributed by atoms with van der Waals surface area (Å²) in [7, 11) is 0. The molecule has 12 rings (SSSR count). The molecule has 1 unspecified atom stereocenters. The highest BCUT2D eigenvalue weighted by atomic mass is 16.3.